The van der Waals surface area contributed by atoms with E-state index in [2.05, 4.69) is 11.9 Å². The normalized spacial score (nSPS) is 17.8. The quantitative estimate of drug-likeness (QED) is 0.828. The van der Waals surface area contributed by atoms with Gasteiger partial charge in [0.1, 0.15) is 10.8 Å². The van der Waals surface area contributed by atoms with Crippen LogP contribution in [0.15, 0.2) is 6.07 Å². The van der Waals surface area contributed by atoms with Crippen molar-refractivity contribution in [3.63, 3.8) is 0 Å². The maximum absolute atomic E-state index is 12.0. The molecule has 0 aromatic carbocycles. The minimum absolute atomic E-state index is 0.0132. The third-order valence-corrected chi connectivity index (χ3v) is 3.72. The molecule has 0 atom stereocenters. The van der Waals surface area contributed by atoms with E-state index in [1.54, 1.807) is 6.07 Å². The summed E-state index contributed by atoms with van der Waals surface area (Å²) in [5, 5.41) is 0.728. The molecular formula is C11H14Cl2N2O. The lowest BCUT2D eigenvalue weighted by molar-refractivity contribution is 0.0692. The van der Waals surface area contributed by atoms with Crippen LogP contribution in [-0.2, 0) is 0 Å². The number of piperidine rings is 1. The number of carbonyl (C=O) groups excluding carboxylic acids is 1. The van der Waals surface area contributed by atoms with Crippen LogP contribution in [0.2, 0.25) is 10.2 Å². The van der Waals surface area contributed by atoms with Gasteiger partial charge in [0.05, 0.1) is 5.02 Å². The molecule has 0 radical (unpaired) electrons. The summed E-state index contributed by atoms with van der Waals surface area (Å²) in [6, 6.07) is 1.59. The molecule has 0 saturated carbocycles. The predicted molar refractivity (Wildman–Crippen MR) is 65.1 cm³/mol. The van der Waals surface area contributed by atoms with Crippen molar-refractivity contribution in [2.75, 3.05) is 13.1 Å². The number of nitrogens with zero attached hydrogens (tertiary/aromatic N) is 1. The van der Waals surface area contributed by atoms with Crippen molar-refractivity contribution in [3.05, 3.63) is 21.9 Å². The molecule has 2 rings (SSSR count). The first-order valence-corrected chi connectivity index (χ1v) is 6.17. The zero-order valence-corrected chi connectivity index (χ0v) is 10.6. The summed E-state index contributed by atoms with van der Waals surface area (Å²) in [7, 11) is 0. The van der Waals surface area contributed by atoms with Gasteiger partial charge in [0.25, 0.3) is 5.91 Å². The Labute approximate surface area is 105 Å². The zero-order valence-electron chi connectivity index (χ0n) is 9.09. The van der Waals surface area contributed by atoms with E-state index in [-0.39, 0.29) is 5.91 Å². The van der Waals surface area contributed by atoms with Gasteiger partial charge in [-0.3, -0.25) is 4.79 Å². The first kappa shape index (κ1) is 11.8. The summed E-state index contributed by atoms with van der Waals surface area (Å²) in [6.07, 6.45) is 2.13. The Balaban J connectivity index is 2.07. The summed E-state index contributed by atoms with van der Waals surface area (Å²) in [6.45, 7) is 3.84. The summed E-state index contributed by atoms with van der Waals surface area (Å²) in [4.78, 5) is 16.7. The average Bonchev–Trinajstić information content (AvgIpc) is 2.59. The van der Waals surface area contributed by atoms with E-state index in [9.17, 15) is 4.79 Å². The Bertz CT molecular complexity index is 375. The van der Waals surface area contributed by atoms with Gasteiger partial charge in [-0.2, -0.15) is 0 Å². The van der Waals surface area contributed by atoms with Crippen molar-refractivity contribution in [3.8, 4) is 0 Å². The monoisotopic (exact) mass is 260 g/mol. The van der Waals surface area contributed by atoms with Crippen molar-refractivity contribution in [2.24, 2.45) is 5.92 Å². The number of aromatic nitrogens is 1. The third kappa shape index (κ3) is 2.36. The molecule has 0 bridgehead atoms. The lowest BCUT2D eigenvalue weighted by Crippen LogP contribution is -2.38. The fraction of sp³-hybridized carbons (Fsp3) is 0.545. The summed E-state index contributed by atoms with van der Waals surface area (Å²) < 4.78 is 0. The van der Waals surface area contributed by atoms with Crippen molar-refractivity contribution in [2.45, 2.75) is 19.8 Å². The maximum atomic E-state index is 12.0. The van der Waals surface area contributed by atoms with Gasteiger partial charge in [-0.15, -0.1) is 0 Å². The molecule has 88 valence electrons. The molecule has 1 aliphatic rings. The molecule has 1 aromatic heterocycles. The number of halogens is 2. The van der Waals surface area contributed by atoms with Gasteiger partial charge < -0.3 is 9.88 Å². The second kappa shape index (κ2) is 4.68. The molecule has 1 aromatic rings. The number of H-pyrrole nitrogens is 1. The molecule has 5 heteroatoms. The van der Waals surface area contributed by atoms with Crippen LogP contribution >= 0.6 is 23.2 Å². The minimum atomic E-state index is -0.0132. The van der Waals surface area contributed by atoms with Crippen LogP contribution in [0.4, 0.5) is 0 Å². The van der Waals surface area contributed by atoms with E-state index in [4.69, 9.17) is 23.2 Å². The van der Waals surface area contributed by atoms with Gasteiger partial charge in [0.15, 0.2) is 0 Å². The van der Waals surface area contributed by atoms with E-state index in [0.29, 0.717) is 21.8 Å². The molecule has 16 heavy (non-hydrogen) atoms. The summed E-state index contributed by atoms with van der Waals surface area (Å²) >= 11 is 11.6. The first-order valence-electron chi connectivity index (χ1n) is 5.41. The highest BCUT2D eigenvalue weighted by Crippen LogP contribution is 2.24. The SMILES string of the molecule is CC1CCN(C(=O)c2cc(Cl)c(Cl)[nH]2)CC1. The number of aromatic amines is 1. The van der Waals surface area contributed by atoms with E-state index in [1.165, 1.54) is 0 Å². The second-order valence-corrected chi connectivity index (χ2v) is 5.10. The number of hydrogen-bond acceptors (Lipinski definition) is 1. The lowest BCUT2D eigenvalue weighted by atomic mass is 9.99. The third-order valence-electron chi connectivity index (χ3n) is 3.03. The zero-order chi connectivity index (χ0) is 11.7. The highest BCUT2D eigenvalue weighted by molar-refractivity contribution is 6.41. The number of rotatable bonds is 1. The molecule has 1 fully saturated rings. The second-order valence-electron chi connectivity index (χ2n) is 4.32. The molecule has 2 heterocycles. The Hall–Kier alpha value is -0.670. The number of amides is 1. The molecule has 1 N–H and O–H groups in total. The van der Waals surface area contributed by atoms with Crippen LogP contribution in [0.5, 0.6) is 0 Å². The number of nitrogens with one attached hydrogen (secondary N) is 1. The average molecular weight is 261 g/mol. The smallest absolute Gasteiger partial charge is 0.270 e. The fourth-order valence-corrected chi connectivity index (χ4v) is 2.21. The number of likely N-dealkylation sites (tertiary alicyclic amines) is 1. The number of carbonyl (C=O) groups is 1. The van der Waals surface area contributed by atoms with Crippen molar-refractivity contribution in [1.82, 2.24) is 9.88 Å². The molecule has 0 spiro atoms. The molecule has 0 aliphatic carbocycles. The largest absolute Gasteiger partial charge is 0.340 e. The van der Waals surface area contributed by atoms with Gasteiger partial charge in [-0.25, -0.2) is 0 Å². The van der Waals surface area contributed by atoms with E-state index >= 15 is 0 Å². The van der Waals surface area contributed by atoms with E-state index < -0.39 is 0 Å². The molecule has 1 saturated heterocycles. The lowest BCUT2D eigenvalue weighted by Gasteiger charge is -2.29. The Morgan fingerprint density at radius 3 is 2.56 bits per heavy atom. The standard InChI is InChI=1S/C11H14Cl2N2O/c1-7-2-4-15(5-3-7)11(16)9-6-8(12)10(13)14-9/h6-7,14H,2-5H2,1H3. The maximum Gasteiger partial charge on any atom is 0.270 e. The molecule has 1 amide bonds. The summed E-state index contributed by atoms with van der Waals surface area (Å²) in [5.41, 5.74) is 0.476. The van der Waals surface area contributed by atoms with Crippen LogP contribution in [0.3, 0.4) is 0 Å². The Morgan fingerprint density at radius 1 is 1.44 bits per heavy atom. The van der Waals surface area contributed by atoms with E-state index in [0.717, 1.165) is 25.9 Å². The van der Waals surface area contributed by atoms with E-state index in [1.807, 2.05) is 4.90 Å². The van der Waals surface area contributed by atoms with Crippen LogP contribution in [-0.4, -0.2) is 28.9 Å². The van der Waals surface area contributed by atoms with Crippen LogP contribution in [0.25, 0.3) is 0 Å². The topological polar surface area (TPSA) is 36.1 Å². The molecule has 3 nitrogen and oxygen atoms in total. The Morgan fingerprint density at radius 2 is 2.06 bits per heavy atom. The van der Waals surface area contributed by atoms with Gasteiger partial charge in [-0.1, -0.05) is 30.1 Å². The van der Waals surface area contributed by atoms with Crippen LogP contribution < -0.4 is 0 Å². The molecular weight excluding hydrogens is 247 g/mol. The van der Waals surface area contributed by atoms with Crippen LogP contribution in [0, 0.1) is 5.92 Å². The molecule has 0 unspecified atom stereocenters. The number of hydrogen-bond donors (Lipinski definition) is 1. The minimum Gasteiger partial charge on any atom is -0.340 e. The van der Waals surface area contributed by atoms with Crippen molar-refractivity contribution >= 4 is 29.1 Å². The Kier molecular flexibility index (Phi) is 3.45. The first-order chi connectivity index (χ1) is 7.58. The van der Waals surface area contributed by atoms with Crippen molar-refractivity contribution < 1.29 is 4.79 Å². The predicted octanol–water partition coefficient (Wildman–Crippen LogP) is 3.19. The van der Waals surface area contributed by atoms with Gasteiger partial charge in [0, 0.05) is 13.1 Å². The van der Waals surface area contributed by atoms with Gasteiger partial charge >= 0.3 is 0 Å². The van der Waals surface area contributed by atoms with Crippen molar-refractivity contribution in [1.29, 1.82) is 0 Å². The highest BCUT2D eigenvalue weighted by atomic mass is 35.5. The highest BCUT2D eigenvalue weighted by Gasteiger charge is 2.23. The molecule has 1 aliphatic heterocycles. The van der Waals surface area contributed by atoms with Gasteiger partial charge in [-0.05, 0) is 24.8 Å². The summed E-state index contributed by atoms with van der Waals surface area (Å²) in [5.74, 6) is 0.695. The van der Waals surface area contributed by atoms with Crippen LogP contribution in [0.1, 0.15) is 30.3 Å². The fourth-order valence-electron chi connectivity index (χ4n) is 1.90. The van der Waals surface area contributed by atoms with Gasteiger partial charge in [0.2, 0.25) is 0 Å².